The summed E-state index contributed by atoms with van der Waals surface area (Å²) in [5.41, 5.74) is 0. The van der Waals surface area contributed by atoms with Crippen LogP contribution in [0.4, 0.5) is 0 Å². The van der Waals surface area contributed by atoms with Gasteiger partial charge < -0.3 is 184 Å². The van der Waals surface area contributed by atoms with E-state index in [2.05, 4.69) is 33.8 Å². The summed E-state index contributed by atoms with van der Waals surface area (Å²) in [6.07, 6.45) is -81.9. The van der Waals surface area contributed by atoms with Gasteiger partial charge in [0.2, 0.25) is 35.7 Å². The number of ether oxygens (including phenoxy) is 16. The van der Waals surface area contributed by atoms with Gasteiger partial charge in [-0.15, -0.1) is 0 Å². The standard InChI is InChI=1S/C57H86N4O53S3/c1-11(64)58-21-25(69)36(17(7-62)100-50(21)96-5)104-54-32(76)29(73)41(44(111-54)48(83)84)109-52-23(60-13(3)66)27(71)38(19(102-52)9-97-115(87,88)89)106-56-34(78)31(75)40(43(113-56)47(81)82)108-51-22(59-12(2)65)26(70)37(18(8-63)101-51)105-55-33(77)30(74)42(45(112-55)49(85)86)110-53-24(61-14(4)67)28(72)39(20(103-53)10-98-116(90,91)92)107-57-35(114-117(93,94)95)15(68)6-16(99-57)46(79)80/h6,15,17-45,50-57,62-63,68-78H,7-10H2,1-5H3,(H,58,64)(H,59,65)(H,60,66)(H,61,67)(H,79,80)(H,81,82)(H,83,84)(H,85,86)(H,87,88,89)(H,90,91,92)(H,93,94,95)/t15-,17+,18+,19+,20+,21+,22+,23+,24+,25+,26+,27+,28+,29+,30+,31+,32+,33+,34+,35?,36?,37?,38?,39?,40-,41-,42-,43?,44?,45?,50-,51+,52+,53+,54+,55+,56+,57-/m0/s1. The maximum Gasteiger partial charge on any atom is 0.397 e. The van der Waals surface area contributed by atoms with Gasteiger partial charge in [-0.2, -0.15) is 25.3 Å². The molecule has 24 N–H and O–H groups in total. The lowest BCUT2D eigenvalue weighted by Gasteiger charge is -2.50. The number of hydrogen-bond acceptors (Lipinski definition) is 46. The topological polar surface area (TPSA) is 867 Å². The summed E-state index contributed by atoms with van der Waals surface area (Å²) in [7, 11) is -15.7. The lowest BCUT2D eigenvalue weighted by Crippen LogP contribution is -2.71. The monoisotopic (exact) mass is 1770 g/mol. The van der Waals surface area contributed by atoms with E-state index in [1.807, 2.05) is 0 Å². The molecule has 0 radical (unpaired) electrons. The molecule has 38 atom stereocenters. The van der Waals surface area contributed by atoms with Crippen LogP contribution in [0.15, 0.2) is 11.8 Å². The van der Waals surface area contributed by atoms with Gasteiger partial charge in [-0.25, -0.2) is 31.7 Å². The first kappa shape index (κ1) is 96.3. The van der Waals surface area contributed by atoms with Gasteiger partial charge in [-0.1, -0.05) is 0 Å². The zero-order chi connectivity index (χ0) is 87.4. The predicted molar refractivity (Wildman–Crippen MR) is 347 cm³/mol. The molecule has 7 fully saturated rings. The fourth-order valence-electron chi connectivity index (χ4n) is 13.4. The van der Waals surface area contributed by atoms with Crippen LogP contribution >= 0.6 is 0 Å². The smallest absolute Gasteiger partial charge is 0.397 e. The van der Waals surface area contributed by atoms with Gasteiger partial charge in [-0.05, 0) is 6.08 Å². The first-order chi connectivity index (χ1) is 54.4. The second-order valence-corrected chi connectivity index (χ2v) is 30.0. The number of nitrogens with one attached hydrogen (secondary N) is 4. The largest absolute Gasteiger partial charge is 0.479 e. The number of aliphatic carboxylic acids is 4. The van der Waals surface area contributed by atoms with E-state index in [0.717, 1.165) is 34.8 Å². The molecule has 8 heterocycles. The van der Waals surface area contributed by atoms with E-state index >= 15 is 0 Å². The van der Waals surface area contributed by atoms with E-state index in [1.54, 1.807) is 0 Å². The Labute approximate surface area is 656 Å². The maximum absolute atomic E-state index is 13.2. The summed E-state index contributed by atoms with van der Waals surface area (Å²) in [6.45, 7) is -2.07. The normalized spacial score (nSPS) is 42.2. The van der Waals surface area contributed by atoms with Crippen molar-refractivity contribution in [2.24, 2.45) is 0 Å². The zero-order valence-electron chi connectivity index (χ0n) is 60.5. The van der Waals surface area contributed by atoms with Crippen LogP contribution in [0, 0.1) is 0 Å². The Balaban J connectivity index is 0.996. The SMILES string of the molecule is CO[C@H]1O[C@H](CO)C(O[C@@H]2OC(C(=O)O)[C@@H](O[C@H]3O[C@H](COS(=O)(=O)O)C(O[C@@H]4OC(C(=O)O)[C@@H](O[C@H]5O[C@H](CO)C(O[C@@H]6OC(C(=O)O)[C@@H](O[C@H]7O[C@H](COS(=O)(=O)O)C(O[C@@H]8OC(C(=O)O)=C[C@H](O)C8OS(=O)(=O)O)[C@H](O)[C@H]7NC(C)=O)[C@H](O)[C@H]6O)[C@H](O)[C@H]5NC(C)=O)[C@H](O)[C@H]4O)[C@H](O)[C@H]3NC(C)=O)[C@H](O)[C@H]2O)[C@H](O)[C@H]1NC(C)=O. The van der Waals surface area contributed by atoms with E-state index in [1.165, 1.54) is 0 Å². The average molecular weight is 1770 g/mol. The molecule has 8 aliphatic heterocycles. The van der Waals surface area contributed by atoms with Crippen LogP contribution in [0.3, 0.4) is 0 Å². The van der Waals surface area contributed by atoms with Crippen molar-refractivity contribution in [3.8, 4) is 0 Å². The molecule has 0 saturated carbocycles. The van der Waals surface area contributed by atoms with E-state index in [9.17, 15) is 164 Å². The van der Waals surface area contributed by atoms with Gasteiger partial charge >= 0.3 is 55.1 Å². The number of carboxylic acids is 4. The number of methoxy groups -OCH3 is 1. The third kappa shape index (κ3) is 23.5. The highest BCUT2D eigenvalue weighted by Gasteiger charge is 2.62. The zero-order valence-corrected chi connectivity index (χ0v) is 62.9. The van der Waals surface area contributed by atoms with Crippen molar-refractivity contribution in [3.63, 3.8) is 0 Å². The number of rotatable bonds is 33. The molecule has 0 aromatic heterocycles. The van der Waals surface area contributed by atoms with Crippen LogP contribution in [0.25, 0.3) is 0 Å². The minimum absolute atomic E-state index is 0.347. The Kier molecular flexibility index (Phi) is 32.7. The Bertz CT molecular complexity index is 3870. The molecule has 4 amide bonds. The number of amides is 4. The molecule has 8 rings (SSSR count). The molecule has 8 unspecified atom stereocenters. The average Bonchev–Trinajstić information content (AvgIpc) is 0.765. The summed E-state index contributed by atoms with van der Waals surface area (Å²) in [6, 6.07) is -8.13. The highest BCUT2D eigenvalue weighted by atomic mass is 32.3. The van der Waals surface area contributed by atoms with Gasteiger partial charge in [0.25, 0.3) is 0 Å². The number of aliphatic hydroxyl groups excluding tert-OH is 13. The molecule has 57 nitrogen and oxygen atoms in total. The van der Waals surface area contributed by atoms with Crippen molar-refractivity contribution in [1.29, 1.82) is 0 Å². The number of carboxylic acid groups (broad SMARTS) is 4. The first-order valence-electron chi connectivity index (χ1n) is 34.1. The number of aliphatic hydroxyl groups is 13. The Morgan fingerprint density at radius 3 is 0.897 bits per heavy atom. The van der Waals surface area contributed by atoms with Crippen LogP contribution in [0.5, 0.6) is 0 Å². The minimum atomic E-state index is -5.64. The molecule has 7 saturated heterocycles. The molecular weight excluding hydrogens is 1680 g/mol. The highest BCUT2D eigenvalue weighted by Crippen LogP contribution is 2.40. The Morgan fingerprint density at radius 2 is 0.632 bits per heavy atom. The highest BCUT2D eigenvalue weighted by molar-refractivity contribution is 7.81. The lowest BCUT2D eigenvalue weighted by molar-refractivity contribution is -0.381. The second-order valence-electron chi connectivity index (χ2n) is 26.8. The van der Waals surface area contributed by atoms with E-state index in [4.69, 9.17) is 75.8 Å². The van der Waals surface area contributed by atoms with Gasteiger partial charge in [-0.3, -0.25) is 32.8 Å². The molecule has 117 heavy (non-hydrogen) atoms. The van der Waals surface area contributed by atoms with Gasteiger partial charge in [0.05, 0.1) is 26.4 Å². The molecule has 60 heteroatoms. The van der Waals surface area contributed by atoms with Gasteiger partial charge in [0, 0.05) is 34.8 Å². The van der Waals surface area contributed by atoms with E-state index < -0.39 is 344 Å². The summed E-state index contributed by atoms with van der Waals surface area (Å²) >= 11 is 0. The fraction of sp³-hybridized carbons (Fsp3) is 0.825. The summed E-state index contributed by atoms with van der Waals surface area (Å²) in [4.78, 5) is 102. The molecule has 670 valence electrons. The van der Waals surface area contributed by atoms with Crippen molar-refractivity contribution >= 4 is 78.7 Å². The fourth-order valence-corrected chi connectivity index (χ4v) is 14.5. The maximum atomic E-state index is 13.2. The summed E-state index contributed by atoms with van der Waals surface area (Å²) in [5, 5.41) is 198. The minimum Gasteiger partial charge on any atom is -0.479 e. The molecule has 0 aliphatic carbocycles. The number of hydrogen-bond donors (Lipinski definition) is 24. The Hall–Kier alpha value is -6.21. The van der Waals surface area contributed by atoms with Gasteiger partial charge in [0.1, 0.15) is 158 Å². The molecule has 8 aliphatic rings. The van der Waals surface area contributed by atoms with Crippen molar-refractivity contribution < 1.29 is 252 Å². The molecule has 0 bridgehead atoms. The van der Waals surface area contributed by atoms with Crippen LogP contribution in [-0.4, -0.2) is 440 Å². The quantitative estimate of drug-likeness (QED) is 0.0271. The van der Waals surface area contributed by atoms with Crippen molar-refractivity contribution in [2.45, 2.75) is 261 Å². The predicted octanol–water partition coefficient (Wildman–Crippen LogP) is -16.2. The Morgan fingerprint density at radius 1 is 0.359 bits per heavy atom. The molecule has 0 aromatic carbocycles. The van der Waals surface area contributed by atoms with E-state index in [0.29, 0.717) is 6.08 Å². The molecule has 0 aromatic rings. The van der Waals surface area contributed by atoms with Gasteiger partial charge in [0.15, 0.2) is 68.4 Å². The second kappa shape index (κ2) is 39.8. The first-order valence-corrected chi connectivity index (χ1v) is 38.2. The third-order valence-corrected chi connectivity index (χ3v) is 19.9. The van der Waals surface area contributed by atoms with E-state index in [-0.39, 0.29) is 0 Å². The van der Waals surface area contributed by atoms with Crippen molar-refractivity contribution in [1.82, 2.24) is 21.3 Å². The lowest BCUT2D eigenvalue weighted by atomic mass is 9.93. The molecule has 0 spiro atoms. The summed E-state index contributed by atoms with van der Waals surface area (Å²) < 4.78 is 203. The summed E-state index contributed by atoms with van der Waals surface area (Å²) in [5.74, 6) is -13.7. The van der Waals surface area contributed by atoms with Crippen molar-refractivity contribution in [3.05, 3.63) is 11.8 Å². The van der Waals surface area contributed by atoms with Crippen LogP contribution in [0.1, 0.15) is 27.7 Å². The van der Waals surface area contributed by atoms with Crippen molar-refractivity contribution in [2.75, 3.05) is 33.5 Å². The molecular formula is C57H86N4O53S3. The van der Waals surface area contributed by atoms with Crippen LogP contribution in [0.2, 0.25) is 0 Å². The van der Waals surface area contributed by atoms with Crippen LogP contribution < -0.4 is 21.3 Å². The number of carbonyl (C=O) groups excluding carboxylic acids is 4. The third-order valence-electron chi connectivity index (χ3n) is 18.5. The number of carbonyl (C=O) groups is 8. The van der Waals surface area contributed by atoms with Crippen LogP contribution in [-0.2, 0) is 158 Å².